The first-order valence-electron chi connectivity index (χ1n) is 12.7. The standard InChI is InChI=1S/C28H33N3O5/c1-17-8-13-21-23(30(17)28(35)36-2)14-15-24-26(21)29-25(31(24)19-9-11-20(32)12-10-19)16-22(27(33)34)18-6-4-3-5-7-18/h3-7,14-15,17,19-20,22,32H,8-13,16H2,1-2H3,(H,33,34)/t17-,19?,20?,22+/m0/s1. The van der Waals surface area contributed by atoms with E-state index in [0.29, 0.717) is 12.8 Å². The van der Waals surface area contributed by atoms with Crippen LogP contribution in [-0.2, 0) is 22.4 Å². The molecule has 1 aliphatic carbocycles. The zero-order valence-electron chi connectivity index (χ0n) is 20.8. The van der Waals surface area contributed by atoms with Crippen LogP contribution in [0.2, 0.25) is 0 Å². The van der Waals surface area contributed by atoms with Crippen LogP contribution in [0.1, 0.15) is 67.9 Å². The van der Waals surface area contributed by atoms with Gasteiger partial charge in [0.05, 0.1) is 35.9 Å². The van der Waals surface area contributed by atoms with Crippen LogP contribution in [0.15, 0.2) is 42.5 Å². The van der Waals surface area contributed by atoms with Gasteiger partial charge in [-0.3, -0.25) is 9.69 Å². The molecule has 0 unspecified atom stereocenters. The minimum atomic E-state index is -0.883. The lowest BCUT2D eigenvalue weighted by Gasteiger charge is -2.34. The Balaban J connectivity index is 1.65. The molecule has 1 aromatic heterocycles. The van der Waals surface area contributed by atoms with E-state index in [4.69, 9.17) is 9.72 Å². The molecule has 0 radical (unpaired) electrons. The lowest BCUT2D eigenvalue weighted by Crippen LogP contribution is -2.42. The van der Waals surface area contributed by atoms with Crippen molar-refractivity contribution in [1.29, 1.82) is 0 Å². The van der Waals surface area contributed by atoms with E-state index < -0.39 is 18.0 Å². The average molecular weight is 492 g/mol. The number of benzene rings is 2. The number of imidazole rings is 1. The number of aromatic nitrogens is 2. The van der Waals surface area contributed by atoms with Crippen LogP contribution in [0.5, 0.6) is 0 Å². The van der Waals surface area contributed by atoms with Gasteiger partial charge >= 0.3 is 12.1 Å². The Morgan fingerprint density at radius 2 is 1.81 bits per heavy atom. The molecule has 2 aliphatic rings. The van der Waals surface area contributed by atoms with E-state index in [1.54, 1.807) is 4.90 Å². The number of carboxylic acids is 1. The van der Waals surface area contributed by atoms with Crippen molar-refractivity contribution in [2.75, 3.05) is 12.0 Å². The number of rotatable bonds is 5. The summed E-state index contributed by atoms with van der Waals surface area (Å²) < 4.78 is 7.27. The van der Waals surface area contributed by atoms with Gasteiger partial charge in [0.25, 0.3) is 0 Å². The van der Waals surface area contributed by atoms with E-state index in [2.05, 4.69) is 4.57 Å². The van der Waals surface area contributed by atoms with Gasteiger partial charge in [-0.25, -0.2) is 9.78 Å². The second kappa shape index (κ2) is 9.93. The predicted molar refractivity (Wildman–Crippen MR) is 136 cm³/mol. The van der Waals surface area contributed by atoms with Crippen LogP contribution >= 0.6 is 0 Å². The van der Waals surface area contributed by atoms with Crippen molar-refractivity contribution >= 4 is 28.8 Å². The van der Waals surface area contributed by atoms with Crippen LogP contribution in [0, 0.1) is 0 Å². The highest BCUT2D eigenvalue weighted by Gasteiger charge is 2.34. The van der Waals surface area contributed by atoms with E-state index in [9.17, 15) is 19.8 Å². The number of anilines is 1. The van der Waals surface area contributed by atoms with Gasteiger partial charge in [-0.1, -0.05) is 30.3 Å². The molecule has 2 heterocycles. The molecule has 36 heavy (non-hydrogen) atoms. The number of fused-ring (bicyclic) bond motifs is 3. The monoisotopic (exact) mass is 491 g/mol. The van der Waals surface area contributed by atoms with Crippen LogP contribution in [-0.4, -0.2) is 51.1 Å². The first kappa shape index (κ1) is 24.3. The molecule has 5 rings (SSSR count). The molecular weight excluding hydrogens is 458 g/mol. The van der Waals surface area contributed by atoms with Crippen LogP contribution in [0.25, 0.3) is 11.0 Å². The number of carbonyl (C=O) groups excluding carboxylic acids is 1. The van der Waals surface area contributed by atoms with Crippen molar-refractivity contribution in [2.24, 2.45) is 0 Å². The van der Waals surface area contributed by atoms with Crippen molar-refractivity contribution in [2.45, 2.75) is 76.0 Å². The van der Waals surface area contributed by atoms with Gasteiger partial charge in [0, 0.05) is 24.1 Å². The Labute approximate surface area is 210 Å². The largest absolute Gasteiger partial charge is 0.481 e. The SMILES string of the molecule is COC(=O)N1c2ccc3c(nc(C[C@@H](C(=O)O)c4ccccc4)n3C3CCC(O)CC3)c2CC[C@@H]1C. The minimum absolute atomic E-state index is 0.0123. The second-order valence-electron chi connectivity index (χ2n) is 10.0. The lowest BCUT2D eigenvalue weighted by molar-refractivity contribution is -0.138. The topological polar surface area (TPSA) is 105 Å². The van der Waals surface area contributed by atoms with Gasteiger partial charge in [-0.2, -0.15) is 0 Å². The molecule has 1 fully saturated rings. The normalized spacial score (nSPS) is 22.8. The highest BCUT2D eigenvalue weighted by Crippen LogP contribution is 2.40. The van der Waals surface area contributed by atoms with Gasteiger partial charge < -0.3 is 19.5 Å². The Morgan fingerprint density at radius 1 is 1.08 bits per heavy atom. The van der Waals surface area contributed by atoms with Gasteiger partial charge in [-0.05, 0) is 63.1 Å². The summed E-state index contributed by atoms with van der Waals surface area (Å²) in [4.78, 5) is 31.7. The first-order valence-corrected chi connectivity index (χ1v) is 12.7. The molecule has 0 spiro atoms. The number of methoxy groups -OCH3 is 1. The first-order chi connectivity index (χ1) is 17.4. The average Bonchev–Trinajstić information content (AvgIpc) is 3.26. The van der Waals surface area contributed by atoms with Gasteiger partial charge in [0.2, 0.25) is 0 Å². The number of aliphatic carboxylic acids is 1. The highest BCUT2D eigenvalue weighted by molar-refractivity contribution is 5.95. The number of carboxylic acid groups (broad SMARTS) is 1. The Bertz CT molecular complexity index is 1260. The number of aliphatic hydroxyl groups excluding tert-OH is 1. The summed E-state index contributed by atoms with van der Waals surface area (Å²) in [5.74, 6) is -0.871. The number of ether oxygens (including phenoxy) is 1. The smallest absolute Gasteiger partial charge is 0.414 e. The molecule has 2 atom stereocenters. The molecule has 2 N–H and O–H groups in total. The Morgan fingerprint density at radius 3 is 2.47 bits per heavy atom. The summed E-state index contributed by atoms with van der Waals surface area (Å²) in [7, 11) is 1.39. The molecule has 2 aromatic carbocycles. The lowest BCUT2D eigenvalue weighted by atomic mass is 9.91. The van der Waals surface area contributed by atoms with Gasteiger partial charge in [-0.15, -0.1) is 0 Å². The molecule has 0 saturated heterocycles. The third kappa shape index (κ3) is 4.34. The zero-order chi connectivity index (χ0) is 25.4. The number of hydrogen-bond donors (Lipinski definition) is 2. The maximum atomic E-state index is 12.6. The van der Waals surface area contributed by atoms with Crippen LogP contribution < -0.4 is 4.90 Å². The molecule has 0 bridgehead atoms. The Hall–Kier alpha value is -3.39. The van der Waals surface area contributed by atoms with E-state index in [-0.39, 0.29) is 24.6 Å². The number of aryl methyl sites for hydroxylation is 1. The van der Waals surface area contributed by atoms with Crippen molar-refractivity contribution in [3.63, 3.8) is 0 Å². The van der Waals surface area contributed by atoms with Crippen molar-refractivity contribution in [3.05, 3.63) is 59.4 Å². The van der Waals surface area contributed by atoms with E-state index in [1.807, 2.05) is 49.4 Å². The summed E-state index contributed by atoms with van der Waals surface area (Å²) in [6, 6.07) is 13.4. The summed E-state index contributed by atoms with van der Waals surface area (Å²) in [5.41, 5.74) is 4.34. The van der Waals surface area contributed by atoms with Crippen LogP contribution in [0.3, 0.4) is 0 Å². The van der Waals surface area contributed by atoms with Crippen molar-refractivity contribution in [1.82, 2.24) is 9.55 Å². The van der Waals surface area contributed by atoms with E-state index >= 15 is 0 Å². The molecule has 190 valence electrons. The fraction of sp³-hybridized carbons (Fsp3) is 0.464. The summed E-state index contributed by atoms with van der Waals surface area (Å²) in [6.07, 6.45) is 4.20. The summed E-state index contributed by atoms with van der Waals surface area (Å²) in [5, 5.41) is 20.2. The summed E-state index contributed by atoms with van der Waals surface area (Å²) in [6.45, 7) is 2.01. The van der Waals surface area contributed by atoms with Crippen molar-refractivity contribution < 1.29 is 24.5 Å². The molecule has 8 nitrogen and oxygen atoms in total. The number of aliphatic hydroxyl groups is 1. The third-order valence-corrected chi connectivity index (χ3v) is 7.82. The van der Waals surface area contributed by atoms with Crippen molar-refractivity contribution in [3.8, 4) is 0 Å². The molecule has 8 heteroatoms. The fourth-order valence-electron chi connectivity index (χ4n) is 5.91. The number of amides is 1. The maximum absolute atomic E-state index is 12.6. The maximum Gasteiger partial charge on any atom is 0.414 e. The highest BCUT2D eigenvalue weighted by atomic mass is 16.5. The second-order valence-corrected chi connectivity index (χ2v) is 10.0. The van der Waals surface area contributed by atoms with E-state index in [1.165, 1.54) is 7.11 Å². The quantitative estimate of drug-likeness (QED) is 0.530. The number of nitrogens with zero attached hydrogens (tertiary/aromatic N) is 3. The third-order valence-electron chi connectivity index (χ3n) is 7.82. The van der Waals surface area contributed by atoms with Crippen LogP contribution in [0.4, 0.5) is 10.5 Å². The minimum Gasteiger partial charge on any atom is -0.481 e. The molecule has 1 amide bonds. The molecule has 3 aromatic rings. The molecular formula is C28H33N3O5. The Kier molecular flexibility index (Phi) is 6.71. The summed E-state index contributed by atoms with van der Waals surface area (Å²) >= 11 is 0. The number of carbonyl (C=O) groups is 2. The molecule has 1 saturated carbocycles. The predicted octanol–water partition coefficient (Wildman–Crippen LogP) is 4.83. The van der Waals surface area contributed by atoms with E-state index in [0.717, 1.165) is 59.4 Å². The zero-order valence-corrected chi connectivity index (χ0v) is 20.8. The number of hydrogen-bond acceptors (Lipinski definition) is 5. The van der Waals surface area contributed by atoms with Gasteiger partial charge in [0.15, 0.2) is 0 Å². The molecule has 1 aliphatic heterocycles. The van der Waals surface area contributed by atoms with Gasteiger partial charge in [0.1, 0.15) is 5.82 Å². The fourth-order valence-corrected chi connectivity index (χ4v) is 5.91.